The average Bonchev–Trinajstić information content (AvgIpc) is 2.12. The minimum absolute atomic E-state index is 0.00114. The van der Waals surface area contributed by atoms with Gasteiger partial charge in [-0.1, -0.05) is 0 Å². The van der Waals surface area contributed by atoms with Crippen LogP contribution in [0.1, 0.15) is 0 Å². The van der Waals surface area contributed by atoms with Crippen LogP contribution < -0.4 is 5.32 Å². The second-order valence-electron chi connectivity index (χ2n) is 3.18. The van der Waals surface area contributed by atoms with Crippen LogP contribution in [0.4, 0.5) is 0 Å². The molecule has 0 bridgehead atoms. The van der Waals surface area contributed by atoms with Gasteiger partial charge in [0.15, 0.2) is 0 Å². The third-order valence-corrected chi connectivity index (χ3v) is 3.16. The molecule has 5 heteroatoms. The average molecular weight is 203 g/mol. The number of ether oxygens (including phenoxy) is 2. The summed E-state index contributed by atoms with van der Waals surface area (Å²) in [6.45, 7) is 2.02. The monoisotopic (exact) mass is 203 g/mol. The first-order chi connectivity index (χ1) is 6.36. The van der Waals surface area contributed by atoms with Gasteiger partial charge >= 0.3 is 5.97 Å². The summed E-state index contributed by atoms with van der Waals surface area (Å²) >= 11 is 1.79. The molecule has 1 atom stereocenters. The number of rotatable bonds is 2. The molecule has 2 aliphatic heterocycles. The molecule has 2 rings (SSSR count). The predicted molar refractivity (Wildman–Crippen MR) is 49.8 cm³/mol. The van der Waals surface area contributed by atoms with Crippen LogP contribution in [0.25, 0.3) is 0 Å². The molecule has 2 aliphatic rings. The number of nitrogens with one attached hydrogen (secondary N) is 1. The van der Waals surface area contributed by atoms with Crippen LogP contribution in [0.2, 0.25) is 0 Å². The van der Waals surface area contributed by atoms with Crippen molar-refractivity contribution in [1.29, 1.82) is 0 Å². The Hall–Kier alpha value is -0.260. The Morgan fingerprint density at radius 3 is 2.92 bits per heavy atom. The maximum atomic E-state index is 11.4. The summed E-state index contributed by atoms with van der Waals surface area (Å²) in [5, 5.41) is 3.14. The zero-order valence-corrected chi connectivity index (χ0v) is 8.14. The molecule has 0 aliphatic carbocycles. The van der Waals surface area contributed by atoms with Crippen molar-refractivity contribution >= 4 is 17.7 Å². The number of carbonyl (C=O) groups excluding carboxylic acids is 1. The van der Waals surface area contributed by atoms with E-state index in [-0.39, 0.29) is 18.1 Å². The van der Waals surface area contributed by atoms with E-state index < -0.39 is 0 Å². The van der Waals surface area contributed by atoms with Gasteiger partial charge in [-0.2, -0.15) is 11.8 Å². The normalized spacial score (nSPS) is 29.4. The number of thioether (sulfide) groups is 1. The number of esters is 1. The van der Waals surface area contributed by atoms with Crippen molar-refractivity contribution in [3.8, 4) is 0 Å². The molecule has 4 nitrogen and oxygen atoms in total. The lowest BCUT2D eigenvalue weighted by molar-refractivity contribution is -0.173. The number of hydrogen-bond donors (Lipinski definition) is 1. The summed E-state index contributed by atoms with van der Waals surface area (Å²) < 4.78 is 10.1. The van der Waals surface area contributed by atoms with E-state index in [9.17, 15) is 4.79 Å². The van der Waals surface area contributed by atoms with Crippen molar-refractivity contribution in [3.63, 3.8) is 0 Å². The van der Waals surface area contributed by atoms with Crippen LogP contribution in [0.3, 0.4) is 0 Å². The molecule has 0 spiro atoms. The Morgan fingerprint density at radius 1 is 1.54 bits per heavy atom. The Balaban J connectivity index is 1.74. The predicted octanol–water partition coefficient (Wildman–Crippen LogP) is -0.367. The lowest BCUT2D eigenvalue weighted by atomic mass is 10.3. The van der Waals surface area contributed by atoms with Gasteiger partial charge in [0.05, 0.1) is 13.2 Å². The maximum absolute atomic E-state index is 11.4. The van der Waals surface area contributed by atoms with Gasteiger partial charge in [0.25, 0.3) is 0 Å². The molecule has 0 aromatic rings. The molecule has 0 amide bonds. The molecular formula is C8H13NO3S. The van der Waals surface area contributed by atoms with Gasteiger partial charge in [-0.25, -0.2) is 0 Å². The summed E-state index contributed by atoms with van der Waals surface area (Å²) in [6, 6.07) is -0.112. The molecule has 0 radical (unpaired) electrons. The third-order valence-electron chi connectivity index (χ3n) is 2.10. The lowest BCUT2D eigenvalue weighted by Gasteiger charge is -2.29. The van der Waals surface area contributed by atoms with Gasteiger partial charge in [-0.3, -0.25) is 4.79 Å². The molecule has 74 valence electrons. The van der Waals surface area contributed by atoms with Gasteiger partial charge in [0, 0.05) is 18.1 Å². The van der Waals surface area contributed by atoms with Crippen LogP contribution >= 0.6 is 11.8 Å². The summed E-state index contributed by atoms with van der Waals surface area (Å²) in [6.07, 6.45) is 0.00114. The Labute approximate surface area is 81.3 Å². The standard InChI is InChI=1S/C8H13NO3S/c10-8(12-6-3-11-4-6)7-5-13-2-1-9-7/h6-7,9H,1-5H2. The van der Waals surface area contributed by atoms with Gasteiger partial charge < -0.3 is 14.8 Å². The zero-order chi connectivity index (χ0) is 9.10. The van der Waals surface area contributed by atoms with Crippen LogP contribution in [0, 0.1) is 0 Å². The molecule has 2 fully saturated rings. The molecule has 1 N–H and O–H groups in total. The summed E-state index contributed by atoms with van der Waals surface area (Å²) in [5.41, 5.74) is 0. The quantitative estimate of drug-likeness (QED) is 0.621. The fourth-order valence-corrected chi connectivity index (χ4v) is 2.16. The maximum Gasteiger partial charge on any atom is 0.324 e. The molecule has 1 unspecified atom stereocenters. The smallest absolute Gasteiger partial charge is 0.324 e. The molecular weight excluding hydrogens is 190 g/mol. The van der Waals surface area contributed by atoms with Crippen molar-refractivity contribution < 1.29 is 14.3 Å². The molecule has 0 saturated carbocycles. The van der Waals surface area contributed by atoms with Crippen LogP contribution in [-0.2, 0) is 14.3 Å². The largest absolute Gasteiger partial charge is 0.456 e. The van der Waals surface area contributed by atoms with E-state index in [2.05, 4.69) is 5.32 Å². The van der Waals surface area contributed by atoms with Crippen LogP contribution in [0.15, 0.2) is 0 Å². The van der Waals surface area contributed by atoms with E-state index in [1.807, 2.05) is 0 Å². The summed E-state index contributed by atoms with van der Waals surface area (Å²) in [4.78, 5) is 11.4. The van der Waals surface area contributed by atoms with Crippen molar-refractivity contribution in [2.75, 3.05) is 31.3 Å². The highest BCUT2D eigenvalue weighted by Crippen LogP contribution is 2.12. The molecule has 2 heterocycles. The lowest BCUT2D eigenvalue weighted by Crippen LogP contribution is -2.48. The van der Waals surface area contributed by atoms with Gasteiger partial charge in [-0.05, 0) is 0 Å². The first-order valence-electron chi connectivity index (χ1n) is 4.45. The first kappa shape index (κ1) is 9.30. The van der Waals surface area contributed by atoms with E-state index in [0.29, 0.717) is 13.2 Å². The van der Waals surface area contributed by atoms with E-state index in [0.717, 1.165) is 18.1 Å². The van der Waals surface area contributed by atoms with Crippen LogP contribution in [-0.4, -0.2) is 49.4 Å². The number of hydrogen-bond acceptors (Lipinski definition) is 5. The zero-order valence-electron chi connectivity index (χ0n) is 7.32. The van der Waals surface area contributed by atoms with Gasteiger partial charge in [0.2, 0.25) is 0 Å². The number of carbonyl (C=O) groups is 1. The SMILES string of the molecule is O=C(OC1COC1)C1CSCCN1. The Kier molecular flexibility index (Phi) is 3.08. The fourth-order valence-electron chi connectivity index (χ4n) is 1.25. The third kappa shape index (κ3) is 2.36. The fraction of sp³-hybridized carbons (Fsp3) is 0.875. The van der Waals surface area contributed by atoms with Crippen molar-refractivity contribution in [3.05, 3.63) is 0 Å². The van der Waals surface area contributed by atoms with Gasteiger partial charge in [0.1, 0.15) is 12.1 Å². The van der Waals surface area contributed by atoms with Crippen molar-refractivity contribution in [2.24, 2.45) is 0 Å². The van der Waals surface area contributed by atoms with E-state index in [4.69, 9.17) is 9.47 Å². The highest BCUT2D eigenvalue weighted by molar-refractivity contribution is 7.99. The summed E-state index contributed by atoms with van der Waals surface area (Å²) in [7, 11) is 0. The minimum atomic E-state index is -0.125. The topological polar surface area (TPSA) is 47.6 Å². The van der Waals surface area contributed by atoms with Gasteiger partial charge in [-0.15, -0.1) is 0 Å². The first-order valence-corrected chi connectivity index (χ1v) is 5.61. The second-order valence-corrected chi connectivity index (χ2v) is 4.33. The van der Waals surface area contributed by atoms with E-state index in [1.54, 1.807) is 11.8 Å². The van der Waals surface area contributed by atoms with E-state index >= 15 is 0 Å². The molecule has 0 aromatic heterocycles. The van der Waals surface area contributed by atoms with Crippen LogP contribution in [0.5, 0.6) is 0 Å². The summed E-state index contributed by atoms with van der Waals surface area (Å²) in [5.74, 6) is 1.78. The second kappa shape index (κ2) is 4.30. The Bertz CT molecular complexity index is 190. The molecule has 13 heavy (non-hydrogen) atoms. The van der Waals surface area contributed by atoms with Crippen molar-refractivity contribution in [2.45, 2.75) is 12.1 Å². The Morgan fingerprint density at radius 2 is 2.38 bits per heavy atom. The highest BCUT2D eigenvalue weighted by atomic mass is 32.2. The van der Waals surface area contributed by atoms with Crippen molar-refractivity contribution in [1.82, 2.24) is 5.32 Å². The molecule has 2 saturated heterocycles. The molecule has 0 aromatic carbocycles. The highest BCUT2D eigenvalue weighted by Gasteiger charge is 2.28. The minimum Gasteiger partial charge on any atom is -0.456 e. The van der Waals surface area contributed by atoms with E-state index in [1.165, 1.54) is 0 Å².